The predicted octanol–water partition coefficient (Wildman–Crippen LogP) is 5.43. The van der Waals surface area contributed by atoms with Gasteiger partial charge in [-0.2, -0.15) is 0 Å². The minimum Gasteiger partial charge on any atom is -0.463 e. The first-order valence-corrected chi connectivity index (χ1v) is 15.0. The average Bonchev–Trinajstić information content (AvgIpc) is 3.04. The van der Waals surface area contributed by atoms with E-state index in [-0.39, 0.29) is 13.4 Å². The monoisotopic (exact) mass is 582 g/mol. The van der Waals surface area contributed by atoms with Crippen LogP contribution in [0.2, 0.25) is 0 Å². The molecule has 0 radical (unpaired) electrons. The van der Waals surface area contributed by atoms with Crippen molar-refractivity contribution >= 4 is 46.3 Å². The molecular weight excluding hydrogens is 562 g/mol. The van der Waals surface area contributed by atoms with Crippen LogP contribution in [-0.2, 0) is 0 Å². The Kier molecular flexibility index (Phi) is 4.23. The second kappa shape index (κ2) is 8.04. The zero-order chi connectivity index (χ0) is 29.6. The van der Waals surface area contributed by atoms with E-state index in [4.69, 9.17) is 28.4 Å². The molecule has 0 atom stereocenters. The van der Waals surface area contributed by atoms with E-state index < -0.39 is 0 Å². The molecule has 0 saturated carbocycles. The van der Waals surface area contributed by atoms with Crippen molar-refractivity contribution in [2.75, 3.05) is 0 Å². The number of hydrogen-bond acceptors (Lipinski definition) is 6. The van der Waals surface area contributed by atoms with Gasteiger partial charge in [0.15, 0.2) is 0 Å². The third-order valence-electron chi connectivity index (χ3n) is 9.62. The van der Waals surface area contributed by atoms with Crippen molar-refractivity contribution in [3.63, 3.8) is 0 Å². The van der Waals surface area contributed by atoms with E-state index in [0.717, 1.165) is 107 Å². The Morgan fingerprint density at radius 1 is 0.511 bits per heavy atom. The lowest BCUT2D eigenvalue weighted by atomic mass is 9.33. The third-order valence-corrected chi connectivity index (χ3v) is 9.62. The minimum atomic E-state index is -0.0704. The fraction of sp³-hybridized carbons (Fsp3) is 0.0270. The van der Waals surface area contributed by atoms with Gasteiger partial charge in [-0.05, 0) is 84.8 Å². The van der Waals surface area contributed by atoms with E-state index in [0.29, 0.717) is 5.76 Å². The van der Waals surface area contributed by atoms with Crippen molar-refractivity contribution in [1.82, 2.24) is 0 Å². The maximum Gasteiger partial charge on any atom is 0.270 e. The zero-order valence-electron chi connectivity index (χ0n) is 24.0. The van der Waals surface area contributed by atoms with Crippen molar-refractivity contribution in [3.05, 3.63) is 120 Å². The Balaban J connectivity index is 1.06. The lowest BCUT2D eigenvalue weighted by Gasteiger charge is -2.38. The summed E-state index contributed by atoms with van der Waals surface area (Å²) in [4.78, 5) is 0. The first-order valence-electron chi connectivity index (χ1n) is 15.0. The van der Waals surface area contributed by atoms with Crippen LogP contribution < -0.4 is 55.7 Å². The fourth-order valence-electron chi connectivity index (χ4n) is 7.79. The van der Waals surface area contributed by atoms with Gasteiger partial charge in [0.1, 0.15) is 63.3 Å². The molecule has 8 heteroatoms. The van der Waals surface area contributed by atoms with Crippen LogP contribution in [0.25, 0.3) is 5.57 Å². The maximum absolute atomic E-state index is 6.60. The second-order valence-corrected chi connectivity index (χ2v) is 12.0. The third kappa shape index (κ3) is 2.96. The molecule has 5 aromatic rings. The fourth-order valence-corrected chi connectivity index (χ4v) is 7.79. The highest BCUT2D eigenvalue weighted by Crippen LogP contribution is 2.45. The molecule has 0 amide bonds. The van der Waals surface area contributed by atoms with Gasteiger partial charge in [-0.15, -0.1) is 0 Å². The van der Waals surface area contributed by atoms with E-state index in [1.54, 1.807) is 0 Å². The summed E-state index contributed by atoms with van der Waals surface area (Å²) < 4.78 is 38.6. The number of hydrogen-bond donors (Lipinski definition) is 0. The van der Waals surface area contributed by atoms with Crippen LogP contribution >= 0.6 is 0 Å². The summed E-state index contributed by atoms with van der Waals surface area (Å²) in [6.45, 7) is 6.39. The van der Waals surface area contributed by atoms with E-state index in [1.807, 2.05) is 85.8 Å². The Bertz CT molecular complexity index is 2260. The molecule has 45 heavy (non-hydrogen) atoms. The molecular formula is C37H20B2O6. The van der Waals surface area contributed by atoms with Crippen molar-refractivity contribution in [3.8, 4) is 57.5 Å². The molecule has 5 aromatic carbocycles. The van der Waals surface area contributed by atoms with E-state index in [2.05, 4.69) is 18.7 Å². The van der Waals surface area contributed by atoms with Crippen LogP contribution in [0, 0.1) is 0 Å². The van der Waals surface area contributed by atoms with Crippen molar-refractivity contribution < 1.29 is 28.4 Å². The second-order valence-electron chi connectivity index (χ2n) is 12.0. The van der Waals surface area contributed by atoms with Crippen LogP contribution in [0.3, 0.4) is 0 Å². The standard InChI is InChI=1S/C37H20B2O6/c1-18(15-29-32-19(2)40-21-7-3-8-22-33(21)38(32)34-23(41-22)9-4-12-26(34)43-29)20-16-30-37-31(17-20)45-28-14-6-11-25-36(28)39(37)35-24(42-25)10-5-13-27(35)44-30/h3-17H,1H2,2H3/b29-15+. The van der Waals surface area contributed by atoms with Crippen LogP contribution in [0.5, 0.6) is 57.5 Å². The van der Waals surface area contributed by atoms with Gasteiger partial charge in [-0.25, -0.2) is 0 Å². The van der Waals surface area contributed by atoms with Gasteiger partial charge >= 0.3 is 0 Å². The summed E-state index contributed by atoms with van der Waals surface area (Å²) >= 11 is 0. The van der Waals surface area contributed by atoms with Gasteiger partial charge in [0.25, 0.3) is 13.4 Å². The van der Waals surface area contributed by atoms with Gasteiger partial charge in [0.05, 0.1) is 5.76 Å². The smallest absolute Gasteiger partial charge is 0.270 e. The molecule has 6 aliphatic rings. The number of allylic oxidation sites excluding steroid dienone is 4. The summed E-state index contributed by atoms with van der Waals surface area (Å²) in [6.07, 6.45) is 1.99. The lowest BCUT2D eigenvalue weighted by Crippen LogP contribution is -2.59. The molecule has 11 rings (SSSR count). The van der Waals surface area contributed by atoms with Crippen LogP contribution in [0.1, 0.15) is 12.5 Å². The number of rotatable bonds is 2. The van der Waals surface area contributed by atoms with E-state index in [9.17, 15) is 0 Å². The summed E-state index contributed by atoms with van der Waals surface area (Å²) in [5, 5.41) is 0. The molecule has 0 aromatic heterocycles. The van der Waals surface area contributed by atoms with Gasteiger partial charge in [0, 0.05) is 32.8 Å². The molecule has 0 fully saturated rings. The van der Waals surface area contributed by atoms with E-state index >= 15 is 0 Å². The highest BCUT2D eigenvalue weighted by molar-refractivity contribution is 6.99. The first kappa shape index (κ1) is 23.7. The van der Waals surface area contributed by atoms with Crippen LogP contribution in [-0.4, -0.2) is 13.4 Å². The quantitative estimate of drug-likeness (QED) is 0.254. The zero-order valence-corrected chi connectivity index (χ0v) is 24.0. The van der Waals surface area contributed by atoms with Gasteiger partial charge < -0.3 is 28.4 Å². The predicted molar refractivity (Wildman–Crippen MR) is 173 cm³/mol. The number of benzene rings is 5. The lowest BCUT2D eigenvalue weighted by molar-refractivity contribution is 0.391. The minimum absolute atomic E-state index is 0.0355. The molecule has 0 N–H and O–H groups in total. The Morgan fingerprint density at radius 2 is 0.889 bits per heavy atom. The van der Waals surface area contributed by atoms with Gasteiger partial charge in [0.2, 0.25) is 0 Å². The SMILES string of the molecule is C=C(/C=C1/Oc2cccc3c2B2C1=C(C)Oc1cccc(c12)O3)c1cc2c3c(c1)Oc1cccc4c1B3c1c(cccc1O2)O4. The molecule has 0 saturated heterocycles. The van der Waals surface area contributed by atoms with Crippen LogP contribution in [0.15, 0.2) is 115 Å². The molecule has 6 nitrogen and oxygen atoms in total. The van der Waals surface area contributed by atoms with Crippen LogP contribution in [0.4, 0.5) is 0 Å². The topological polar surface area (TPSA) is 55.4 Å². The summed E-state index contributed by atoms with van der Waals surface area (Å²) in [6, 6.07) is 27.9. The highest BCUT2D eigenvalue weighted by atomic mass is 16.5. The normalized spacial score (nSPS) is 16.7. The van der Waals surface area contributed by atoms with Crippen molar-refractivity contribution in [2.24, 2.45) is 0 Å². The first-order chi connectivity index (χ1) is 22.1. The summed E-state index contributed by atoms with van der Waals surface area (Å²) in [5.74, 6) is 9.36. The molecule has 210 valence electrons. The van der Waals surface area contributed by atoms with Gasteiger partial charge in [-0.3, -0.25) is 0 Å². The molecule has 0 spiro atoms. The Hall–Kier alpha value is -5.75. The number of ether oxygens (including phenoxy) is 6. The van der Waals surface area contributed by atoms with Gasteiger partial charge in [-0.1, -0.05) is 30.8 Å². The average molecular weight is 582 g/mol. The molecule has 0 bridgehead atoms. The largest absolute Gasteiger partial charge is 0.463 e. The molecule has 0 aliphatic carbocycles. The van der Waals surface area contributed by atoms with Crippen molar-refractivity contribution in [2.45, 2.75) is 6.92 Å². The molecule has 6 heterocycles. The summed E-state index contributed by atoms with van der Waals surface area (Å²) in [5.41, 5.74) is 7.71. The Morgan fingerprint density at radius 3 is 1.38 bits per heavy atom. The molecule has 0 unspecified atom stereocenters. The Labute approximate surface area is 258 Å². The summed E-state index contributed by atoms with van der Waals surface area (Å²) in [7, 11) is 0. The molecule has 6 aliphatic heterocycles. The maximum atomic E-state index is 6.60. The van der Waals surface area contributed by atoms with E-state index in [1.165, 1.54) is 0 Å². The highest BCUT2D eigenvalue weighted by Gasteiger charge is 2.48. The van der Waals surface area contributed by atoms with Crippen molar-refractivity contribution in [1.29, 1.82) is 0 Å².